The molecule has 2 aromatic carbocycles. The zero-order chi connectivity index (χ0) is 21.7. The van der Waals surface area contributed by atoms with Gasteiger partial charge < -0.3 is 11.1 Å². The Labute approximate surface area is 179 Å². The molecule has 156 valence electrons. The Morgan fingerprint density at radius 1 is 1.00 bits per heavy atom. The van der Waals surface area contributed by atoms with Gasteiger partial charge in [-0.1, -0.05) is 61.9 Å². The average Bonchev–Trinajstić information content (AvgIpc) is 2.70. The van der Waals surface area contributed by atoms with Crippen molar-refractivity contribution in [1.82, 2.24) is 4.98 Å². The number of amides is 1. The molecule has 1 aromatic heterocycles. The summed E-state index contributed by atoms with van der Waals surface area (Å²) in [5, 5.41) is 2.99. The van der Waals surface area contributed by atoms with Gasteiger partial charge in [-0.25, -0.2) is 0 Å². The summed E-state index contributed by atoms with van der Waals surface area (Å²) in [6.45, 7) is 8.83. The molecule has 4 nitrogen and oxygen atoms in total. The van der Waals surface area contributed by atoms with Crippen molar-refractivity contribution >= 4 is 11.6 Å². The van der Waals surface area contributed by atoms with Gasteiger partial charge in [0.05, 0.1) is 6.42 Å². The third-order valence-corrected chi connectivity index (χ3v) is 5.23. The molecule has 0 aliphatic rings. The average molecular weight is 402 g/mol. The Bertz CT molecular complexity index is 1010. The molecule has 0 unspecified atom stereocenters. The number of hydrogen-bond acceptors (Lipinski definition) is 3. The summed E-state index contributed by atoms with van der Waals surface area (Å²) in [7, 11) is 0. The molecule has 0 atom stereocenters. The van der Waals surface area contributed by atoms with Crippen molar-refractivity contribution in [2.24, 2.45) is 11.7 Å². The van der Waals surface area contributed by atoms with E-state index >= 15 is 0 Å². The fourth-order valence-corrected chi connectivity index (χ4v) is 3.79. The smallest absolute Gasteiger partial charge is 0.228 e. The highest BCUT2D eigenvalue weighted by atomic mass is 16.1. The van der Waals surface area contributed by atoms with Gasteiger partial charge in [0.1, 0.15) is 0 Å². The van der Waals surface area contributed by atoms with Crippen LogP contribution >= 0.6 is 0 Å². The largest absolute Gasteiger partial charge is 0.326 e. The minimum atomic E-state index is -0.0564. The number of para-hydroxylation sites is 1. The van der Waals surface area contributed by atoms with E-state index in [1.165, 1.54) is 5.56 Å². The normalized spacial score (nSPS) is 11.0. The summed E-state index contributed by atoms with van der Waals surface area (Å²) in [6, 6.07) is 18.0. The maximum Gasteiger partial charge on any atom is 0.228 e. The first-order valence-corrected chi connectivity index (χ1v) is 10.5. The van der Waals surface area contributed by atoms with Gasteiger partial charge in [-0.15, -0.1) is 0 Å². The number of anilines is 1. The zero-order valence-electron chi connectivity index (χ0n) is 18.3. The van der Waals surface area contributed by atoms with Gasteiger partial charge in [-0.2, -0.15) is 0 Å². The Morgan fingerprint density at radius 2 is 1.67 bits per heavy atom. The predicted molar refractivity (Wildman–Crippen MR) is 124 cm³/mol. The number of rotatable bonds is 7. The molecule has 3 N–H and O–H groups in total. The van der Waals surface area contributed by atoms with Crippen LogP contribution in [0.5, 0.6) is 0 Å². The fourth-order valence-electron chi connectivity index (χ4n) is 3.79. The summed E-state index contributed by atoms with van der Waals surface area (Å²) in [5.41, 5.74) is 14.3. The number of nitrogens with one attached hydrogen (secondary N) is 1. The second-order valence-corrected chi connectivity index (χ2v) is 8.24. The van der Waals surface area contributed by atoms with Crippen LogP contribution in [0.3, 0.4) is 0 Å². The Morgan fingerprint density at radius 3 is 2.27 bits per heavy atom. The van der Waals surface area contributed by atoms with E-state index in [-0.39, 0.29) is 12.3 Å². The Hall–Kier alpha value is -2.98. The van der Waals surface area contributed by atoms with Crippen molar-refractivity contribution < 1.29 is 4.79 Å². The lowest BCUT2D eigenvalue weighted by atomic mass is 9.88. The van der Waals surface area contributed by atoms with Crippen LogP contribution in [0, 0.1) is 19.8 Å². The molecule has 1 amide bonds. The van der Waals surface area contributed by atoms with Crippen molar-refractivity contribution in [2.45, 2.75) is 47.1 Å². The quantitative estimate of drug-likeness (QED) is 0.571. The van der Waals surface area contributed by atoms with Gasteiger partial charge in [0.2, 0.25) is 5.91 Å². The van der Waals surface area contributed by atoms with E-state index in [0.717, 1.165) is 45.7 Å². The van der Waals surface area contributed by atoms with E-state index < -0.39 is 0 Å². The summed E-state index contributed by atoms with van der Waals surface area (Å²) in [5.74, 6) is 0.416. The van der Waals surface area contributed by atoms with Crippen LogP contribution in [0.15, 0.2) is 54.6 Å². The molecule has 0 saturated carbocycles. The number of hydrogen-bond donors (Lipinski definition) is 2. The maximum absolute atomic E-state index is 12.9. The molecule has 0 fully saturated rings. The molecular formula is C26H31N3O. The van der Waals surface area contributed by atoms with Crippen molar-refractivity contribution in [3.63, 3.8) is 0 Å². The van der Waals surface area contributed by atoms with E-state index in [0.29, 0.717) is 12.5 Å². The van der Waals surface area contributed by atoms with Gasteiger partial charge in [0.15, 0.2) is 0 Å². The summed E-state index contributed by atoms with van der Waals surface area (Å²) >= 11 is 0. The van der Waals surface area contributed by atoms with E-state index in [2.05, 4.69) is 50.4 Å². The molecule has 0 saturated heterocycles. The zero-order valence-corrected chi connectivity index (χ0v) is 18.3. The van der Waals surface area contributed by atoms with Gasteiger partial charge in [0.25, 0.3) is 0 Å². The molecular weight excluding hydrogens is 370 g/mol. The molecule has 0 radical (unpaired) electrons. The number of nitrogens with two attached hydrogens (primary N) is 1. The number of carbonyl (C=O) groups excluding carboxylic acids is 1. The van der Waals surface area contributed by atoms with Gasteiger partial charge in [0, 0.05) is 23.6 Å². The summed E-state index contributed by atoms with van der Waals surface area (Å²) in [6.07, 6.45) is 1.12. The number of nitrogens with zero attached hydrogens (tertiary/aromatic N) is 1. The van der Waals surface area contributed by atoms with E-state index in [9.17, 15) is 4.79 Å². The first-order chi connectivity index (χ1) is 14.4. The number of pyridine rings is 1. The highest BCUT2D eigenvalue weighted by molar-refractivity contribution is 5.94. The molecule has 0 bridgehead atoms. The lowest BCUT2D eigenvalue weighted by Gasteiger charge is -2.21. The predicted octanol–water partition coefficient (Wildman–Crippen LogP) is 5.20. The van der Waals surface area contributed by atoms with Crippen molar-refractivity contribution in [1.29, 1.82) is 0 Å². The topological polar surface area (TPSA) is 68.0 Å². The van der Waals surface area contributed by atoms with E-state index in [1.54, 1.807) is 0 Å². The number of benzene rings is 2. The van der Waals surface area contributed by atoms with Gasteiger partial charge in [-0.3, -0.25) is 9.78 Å². The van der Waals surface area contributed by atoms with Crippen LogP contribution in [0.1, 0.15) is 41.9 Å². The Balaban J connectivity index is 2.08. The minimum Gasteiger partial charge on any atom is -0.326 e. The minimum absolute atomic E-state index is 0.0564. The lowest BCUT2D eigenvalue weighted by molar-refractivity contribution is -0.115. The molecule has 3 aromatic rings. The molecule has 30 heavy (non-hydrogen) atoms. The number of carbonyl (C=O) groups is 1. The van der Waals surface area contributed by atoms with Crippen LogP contribution < -0.4 is 11.1 Å². The number of aromatic nitrogens is 1. The molecule has 4 heteroatoms. The first-order valence-electron chi connectivity index (χ1n) is 10.5. The maximum atomic E-state index is 12.9. The molecule has 0 spiro atoms. The first kappa shape index (κ1) is 21.7. The molecule has 3 rings (SSSR count). The monoisotopic (exact) mass is 401 g/mol. The van der Waals surface area contributed by atoms with Crippen molar-refractivity contribution in [3.8, 4) is 11.1 Å². The highest BCUT2D eigenvalue weighted by Gasteiger charge is 2.21. The summed E-state index contributed by atoms with van der Waals surface area (Å²) < 4.78 is 0. The van der Waals surface area contributed by atoms with Crippen LogP contribution in [-0.4, -0.2) is 10.9 Å². The molecule has 0 aliphatic heterocycles. The fraction of sp³-hybridized carbons (Fsp3) is 0.308. The molecule has 0 aliphatic carbocycles. The summed E-state index contributed by atoms with van der Waals surface area (Å²) in [4.78, 5) is 17.8. The van der Waals surface area contributed by atoms with Crippen LogP contribution in [0.25, 0.3) is 11.1 Å². The number of aryl methyl sites for hydroxylation is 2. The third kappa shape index (κ3) is 5.14. The third-order valence-electron chi connectivity index (χ3n) is 5.23. The second kappa shape index (κ2) is 9.68. The van der Waals surface area contributed by atoms with Gasteiger partial charge >= 0.3 is 0 Å². The molecule has 1 heterocycles. The van der Waals surface area contributed by atoms with E-state index in [4.69, 9.17) is 10.7 Å². The van der Waals surface area contributed by atoms with Crippen molar-refractivity contribution in [2.75, 3.05) is 5.32 Å². The van der Waals surface area contributed by atoms with Gasteiger partial charge in [-0.05, 0) is 60.6 Å². The lowest BCUT2D eigenvalue weighted by Crippen LogP contribution is -2.19. The standard InChI is InChI=1S/C26H31N3O/c1-17(2)14-24-23(16-27)26(20-12-10-18(3)11-13-20)22(19(4)28-24)15-25(30)29-21-8-6-5-7-9-21/h5-13,17H,14-16,27H2,1-4H3,(H,29,30). The second-order valence-electron chi connectivity index (χ2n) is 8.24. The van der Waals surface area contributed by atoms with Crippen LogP contribution in [-0.2, 0) is 24.2 Å². The van der Waals surface area contributed by atoms with Crippen LogP contribution in [0.2, 0.25) is 0 Å². The van der Waals surface area contributed by atoms with E-state index in [1.807, 2.05) is 37.3 Å². The van der Waals surface area contributed by atoms with Crippen molar-refractivity contribution in [3.05, 3.63) is 82.7 Å². The SMILES string of the molecule is Cc1ccc(-c2c(CC(=O)Nc3ccccc3)c(C)nc(CC(C)C)c2CN)cc1. The Kier molecular flexibility index (Phi) is 7.01. The highest BCUT2D eigenvalue weighted by Crippen LogP contribution is 2.33. The van der Waals surface area contributed by atoms with Crippen LogP contribution in [0.4, 0.5) is 5.69 Å².